The summed E-state index contributed by atoms with van der Waals surface area (Å²) in [5.41, 5.74) is 0. The van der Waals surface area contributed by atoms with E-state index in [1.165, 1.54) is 122 Å². The van der Waals surface area contributed by atoms with Crippen LogP contribution in [0.5, 0.6) is 0 Å². The number of hydrogen-bond donors (Lipinski definition) is 3. The van der Waals surface area contributed by atoms with Crippen LogP contribution in [0.25, 0.3) is 0 Å². The van der Waals surface area contributed by atoms with Crippen LogP contribution < -0.4 is 5.32 Å². The minimum Gasteiger partial charge on any atom is -0.387 e. The number of amides is 1. The molecule has 8 nitrogen and oxygen atoms in total. The Morgan fingerprint density at radius 2 is 1.10 bits per heavy atom. The van der Waals surface area contributed by atoms with Gasteiger partial charge in [-0.05, 0) is 32.1 Å². The molecule has 0 aromatic heterocycles. The fourth-order valence-corrected chi connectivity index (χ4v) is 6.56. The molecule has 0 radical (unpaired) electrons. The highest BCUT2D eigenvalue weighted by Gasteiger charge is 2.27. The van der Waals surface area contributed by atoms with Gasteiger partial charge in [0.15, 0.2) is 0 Å². The monoisotopic (exact) mass is 730 g/mol. The third kappa shape index (κ3) is 35.4. The quantitative estimate of drug-likeness (QED) is 0.0254. The lowest BCUT2D eigenvalue weighted by Gasteiger charge is -2.25. The van der Waals surface area contributed by atoms with E-state index in [-0.39, 0.29) is 19.1 Å². The van der Waals surface area contributed by atoms with Crippen molar-refractivity contribution >= 4 is 13.7 Å². The van der Waals surface area contributed by atoms with E-state index in [1.54, 1.807) is 6.08 Å². The fourth-order valence-electron chi connectivity index (χ4n) is 5.82. The number of nitrogens with one attached hydrogen (secondary N) is 1. The lowest BCUT2D eigenvalue weighted by atomic mass is 10.0. The number of carbonyl (C=O) groups is 1. The molecule has 1 unspecified atom stereocenters. The molecule has 0 aromatic carbocycles. The molecule has 0 heterocycles. The Labute approximate surface area is 309 Å². The second-order valence-corrected chi connectivity index (χ2v) is 16.8. The second-order valence-electron chi connectivity index (χ2n) is 15.4. The van der Waals surface area contributed by atoms with E-state index in [9.17, 15) is 19.4 Å². The first-order valence-electron chi connectivity index (χ1n) is 20.7. The average Bonchev–Trinajstić information content (AvgIpc) is 3.06. The molecular formula is C41H82N2O6P+. The summed E-state index contributed by atoms with van der Waals surface area (Å²) in [6, 6.07) is -0.856. The van der Waals surface area contributed by atoms with Gasteiger partial charge in [0.2, 0.25) is 5.91 Å². The van der Waals surface area contributed by atoms with Crippen molar-refractivity contribution in [1.29, 1.82) is 0 Å². The molecule has 0 fully saturated rings. The molecule has 0 bridgehead atoms. The highest BCUT2D eigenvalue weighted by Crippen LogP contribution is 2.43. The van der Waals surface area contributed by atoms with Gasteiger partial charge in [0.25, 0.3) is 0 Å². The SMILES string of the molecule is CCCCCCCC/C=C/CC/C=C/[C@@H](O)[C@H](COP(=O)(O)OCC[N+](C)(C)C)NC(=O)CCCCCCCCCCCCCCCCCC. The molecule has 50 heavy (non-hydrogen) atoms. The number of likely N-dealkylation sites (N-methyl/N-ethyl adjacent to an activating group) is 1. The number of allylic oxidation sites excluding steroid dienone is 3. The lowest BCUT2D eigenvalue weighted by Crippen LogP contribution is -2.45. The van der Waals surface area contributed by atoms with Crippen LogP contribution in [0.3, 0.4) is 0 Å². The molecule has 3 atom stereocenters. The first kappa shape index (κ1) is 49.0. The summed E-state index contributed by atoms with van der Waals surface area (Å²) in [5, 5.41) is 13.7. The van der Waals surface area contributed by atoms with E-state index >= 15 is 0 Å². The van der Waals surface area contributed by atoms with Crippen LogP contribution >= 0.6 is 7.82 Å². The average molecular weight is 730 g/mol. The van der Waals surface area contributed by atoms with Gasteiger partial charge >= 0.3 is 7.82 Å². The van der Waals surface area contributed by atoms with E-state index in [1.807, 2.05) is 27.2 Å². The van der Waals surface area contributed by atoms with E-state index in [2.05, 4.69) is 31.3 Å². The number of unbranched alkanes of at least 4 members (excludes halogenated alkanes) is 22. The van der Waals surface area contributed by atoms with Gasteiger partial charge in [-0.2, -0.15) is 0 Å². The molecule has 0 aromatic rings. The van der Waals surface area contributed by atoms with Crippen molar-refractivity contribution < 1.29 is 32.9 Å². The second kappa shape index (κ2) is 33.8. The number of rotatable bonds is 37. The van der Waals surface area contributed by atoms with Crippen LogP contribution in [0, 0.1) is 0 Å². The van der Waals surface area contributed by atoms with Crippen LogP contribution in [-0.2, 0) is 18.4 Å². The van der Waals surface area contributed by atoms with Crippen LogP contribution in [0.4, 0.5) is 0 Å². The summed E-state index contributed by atoms with van der Waals surface area (Å²) in [7, 11) is 1.56. The van der Waals surface area contributed by atoms with Crippen LogP contribution in [0.15, 0.2) is 24.3 Å². The van der Waals surface area contributed by atoms with Gasteiger partial charge in [0.1, 0.15) is 13.2 Å². The highest BCUT2D eigenvalue weighted by molar-refractivity contribution is 7.47. The third-order valence-electron chi connectivity index (χ3n) is 9.17. The predicted molar refractivity (Wildman–Crippen MR) is 212 cm³/mol. The summed E-state index contributed by atoms with van der Waals surface area (Å²) in [5.74, 6) is -0.187. The van der Waals surface area contributed by atoms with E-state index in [0.717, 1.165) is 38.5 Å². The Morgan fingerprint density at radius 1 is 0.660 bits per heavy atom. The maximum Gasteiger partial charge on any atom is 0.472 e. The number of phosphoric acid groups is 1. The van der Waals surface area contributed by atoms with E-state index in [0.29, 0.717) is 17.4 Å². The maximum atomic E-state index is 12.8. The van der Waals surface area contributed by atoms with E-state index < -0.39 is 20.0 Å². The van der Waals surface area contributed by atoms with Crippen LogP contribution in [-0.4, -0.2) is 73.4 Å². The number of phosphoric ester groups is 1. The Kier molecular flexibility index (Phi) is 33.1. The molecule has 3 N–H and O–H groups in total. The summed E-state index contributed by atoms with van der Waals surface area (Å²) >= 11 is 0. The zero-order valence-corrected chi connectivity index (χ0v) is 34.3. The van der Waals surface area contributed by atoms with Gasteiger partial charge in [-0.1, -0.05) is 167 Å². The zero-order valence-electron chi connectivity index (χ0n) is 33.4. The molecular weight excluding hydrogens is 647 g/mol. The normalized spacial score (nSPS) is 14.8. The topological polar surface area (TPSA) is 105 Å². The Balaban J connectivity index is 4.47. The minimum absolute atomic E-state index is 0.0579. The molecule has 0 saturated heterocycles. The highest BCUT2D eigenvalue weighted by atomic mass is 31.2. The van der Waals surface area contributed by atoms with E-state index in [4.69, 9.17) is 9.05 Å². The van der Waals surface area contributed by atoms with Gasteiger partial charge in [0, 0.05) is 6.42 Å². The number of hydrogen-bond acceptors (Lipinski definition) is 5. The number of carbonyl (C=O) groups excluding carboxylic acids is 1. The first-order valence-corrected chi connectivity index (χ1v) is 22.2. The molecule has 0 aliphatic heterocycles. The smallest absolute Gasteiger partial charge is 0.387 e. The fraction of sp³-hybridized carbons (Fsp3) is 0.878. The van der Waals surface area contributed by atoms with Crippen molar-refractivity contribution in [3.05, 3.63) is 24.3 Å². The Morgan fingerprint density at radius 3 is 1.60 bits per heavy atom. The van der Waals surface area contributed by atoms with Crippen molar-refractivity contribution in [2.45, 2.75) is 193 Å². The van der Waals surface area contributed by atoms with Crippen molar-refractivity contribution in [3.8, 4) is 0 Å². The Bertz CT molecular complexity index is 876. The molecule has 9 heteroatoms. The summed E-state index contributed by atoms with van der Waals surface area (Å²) in [6.45, 7) is 4.77. The van der Waals surface area contributed by atoms with Gasteiger partial charge in [-0.3, -0.25) is 13.8 Å². The number of quaternary nitrogens is 1. The van der Waals surface area contributed by atoms with Crippen LogP contribution in [0.2, 0.25) is 0 Å². The molecule has 0 saturated carbocycles. The Hall–Kier alpha value is -1.02. The number of aliphatic hydroxyl groups is 1. The zero-order chi connectivity index (χ0) is 37.2. The van der Waals surface area contributed by atoms with Gasteiger partial charge < -0.3 is 19.8 Å². The van der Waals surface area contributed by atoms with Crippen molar-refractivity contribution in [2.75, 3.05) is 40.9 Å². The first-order chi connectivity index (χ1) is 24.0. The van der Waals surface area contributed by atoms with Crippen LogP contribution in [0.1, 0.15) is 181 Å². The summed E-state index contributed by atoms with van der Waals surface area (Å²) in [4.78, 5) is 23.0. The molecule has 0 rings (SSSR count). The van der Waals surface area contributed by atoms with Gasteiger partial charge in [0.05, 0.1) is 39.9 Å². The third-order valence-corrected chi connectivity index (χ3v) is 10.2. The lowest BCUT2D eigenvalue weighted by molar-refractivity contribution is -0.870. The van der Waals surface area contributed by atoms with Crippen molar-refractivity contribution in [1.82, 2.24) is 5.32 Å². The molecule has 0 spiro atoms. The number of aliphatic hydroxyl groups excluding tert-OH is 1. The number of nitrogens with zero attached hydrogens (tertiary/aromatic N) is 1. The summed E-state index contributed by atoms with van der Waals surface area (Å²) in [6.07, 6.45) is 38.1. The molecule has 1 amide bonds. The maximum absolute atomic E-state index is 12.8. The molecule has 296 valence electrons. The van der Waals surface area contributed by atoms with Crippen molar-refractivity contribution in [2.24, 2.45) is 0 Å². The largest absolute Gasteiger partial charge is 0.472 e. The van der Waals surface area contributed by atoms with Crippen molar-refractivity contribution in [3.63, 3.8) is 0 Å². The summed E-state index contributed by atoms with van der Waals surface area (Å²) < 4.78 is 23.5. The molecule has 0 aliphatic rings. The minimum atomic E-state index is -4.33. The predicted octanol–water partition coefficient (Wildman–Crippen LogP) is 11.0. The van der Waals surface area contributed by atoms with Gasteiger partial charge in [-0.25, -0.2) is 4.57 Å². The van der Waals surface area contributed by atoms with Gasteiger partial charge in [-0.15, -0.1) is 0 Å². The molecule has 0 aliphatic carbocycles. The standard InChI is InChI=1S/C41H81N2O6P/c1-6-8-10-12-14-16-18-20-21-22-23-25-27-29-31-33-35-41(45)42-39(38-49-50(46,47)48-37-36-43(3,4)5)40(44)34-32-30-28-26-24-19-17-15-13-11-9-7-2/h24,26,32,34,39-40,44H,6-23,25,27-31,33,35-38H2,1-5H3,(H-,42,45,46,47)/p+1/b26-24+,34-32+/t39-,40+/m0/s1.